The number of aliphatic carboxylic acids is 1. The molecule has 2 aromatic heterocycles. The molecule has 7 nitrogen and oxygen atoms in total. The monoisotopic (exact) mass is 534 g/mol. The second-order valence-corrected chi connectivity index (χ2v) is 8.89. The molecule has 10 heteroatoms. The van der Waals surface area contributed by atoms with Gasteiger partial charge in [0.25, 0.3) is 0 Å². The molecule has 0 aliphatic rings. The number of alkyl halides is 3. The summed E-state index contributed by atoms with van der Waals surface area (Å²) in [4.78, 5) is 30.9. The quantitative estimate of drug-likeness (QED) is 0.297. The molecule has 0 aliphatic heterocycles. The summed E-state index contributed by atoms with van der Waals surface area (Å²) in [5.74, 6) is -1.80. The summed E-state index contributed by atoms with van der Waals surface area (Å²) in [6, 6.07) is 15.9. The summed E-state index contributed by atoms with van der Waals surface area (Å²) in [7, 11) is 1.71. The average molecular weight is 535 g/mol. The number of halogens is 3. The highest BCUT2D eigenvalue weighted by Gasteiger charge is 2.31. The predicted molar refractivity (Wildman–Crippen MR) is 139 cm³/mol. The molecule has 0 radical (unpaired) electrons. The Balaban J connectivity index is 1.60. The summed E-state index contributed by atoms with van der Waals surface area (Å²) in [5, 5.41) is 14.3. The van der Waals surface area contributed by atoms with E-state index in [0.717, 1.165) is 23.3 Å². The zero-order valence-electron chi connectivity index (χ0n) is 20.9. The van der Waals surface area contributed by atoms with Crippen molar-refractivity contribution in [2.75, 3.05) is 0 Å². The van der Waals surface area contributed by atoms with E-state index in [9.17, 15) is 27.9 Å². The molecule has 1 unspecified atom stereocenters. The van der Waals surface area contributed by atoms with Crippen LogP contribution in [0.2, 0.25) is 0 Å². The number of benzene rings is 2. The fourth-order valence-electron chi connectivity index (χ4n) is 4.03. The largest absolute Gasteiger partial charge is 0.480 e. The van der Waals surface area contributed by atoms with E-state index < -0.39 is 29.7 Å². The Morgan fingerprint density at radius 1 is 0.974 bits per heavy atom. The van der Waals surface area contributed by atoms with Gasteiger partial charge in [0.2, 0.25) is 5.91 Å². The zero-order valence-corrected chi connectivity index (χ0v) is 20.9. The number of hydrogen-bond acceptors (Lipinski definition) is 4. The molecule has 4 aromatic rings. The van der Waals surface area contributed by atoms with Crippen LogP contribution in [0.3, 0.4) is 0 Å². The molecule has 0 aliphatic carbocycles. The number of carbonyl (C=O) groups excluding carboxylic acids is 1. The van der Waals surface area contributed by atoms with Crippen molar-refractivity contribution in [2.24, 2.45) is 7.05 Å². The normalized spacial score (nSPS) is 12.4. The number of aryl methyl sites for hydroxylation is 1. The maximum Gasteiger partial charge on any atom is 0.416 e. The van der Waals surface area contributed by atoms with Crippen molar-refractivity contribution in [1.82, 2.24) is 19.7 Å². The van der Waals surface area contributed by atoms with Crippen LogP contribution in [0.25, 0.3) is 17.2 Å². The van der Waals surface area contributed by atoms with Gasteiger partial charge in [0.15, 0.2) is 0 Å². The van der Waals surface area contributed by atoms with Crippen molar-refractivity contribution in [3.8, 4) is 11.1 Å². The van der Waals surface area contributed by atoms with Crippen LogP contribution in [0.1, 0.15) is 22.4 Å². The number of nitrogens with zero attached hydrogens (tertiary/aromatic N) is 4. The van der Waals surface area contributed by atoms with E-state index in [1.165, 1.54) is 29.2 Å². The Morgan fingerprint density at radius 2 is 1.62 bits per heavy atom. The van der Waals surface area contributed by atoms with Crippen LogP contribution in [0, 0.1) is 0 Å². The van der Waals surface area contributed by atoms with Gasteiger partial charge in [-0.3, -0.25) is 14.5 Å². The van der Waals surface area contributed by atoms with Crippen molar-refractivity contribution in [2.45, 2.75) is 25.2 Å². The first-order valence-corrected chi connectivity index (χ1v) is 12.0. The van der Waals surface area contributed by atoms with E-state index >= 15 is 0 Å². The number of carboxylic acid groups (broad SMARTS) is 1. The van der Waals surface area contributed by atoms with Crippen LogP contribution in [-0.2, 0) is 35.8 Å². The van der Waals surface area contributed by atoms with Crippen LogP contribution >= 0.6 is 0 Å². The summed E-state index contributed by atoms with van der Waals surface area (Å²) < 4.78 is 40.2. The van der Waals surface area contributed by atoms with E-state index in [4.69, 9.17) is 0 Å². The minimum Gasteiger partial charge on any atom is -0.480 e. The smallest absolute Gasteiger partial charge is 0.416 e. The molecule has 39 heavy (non-hydrogen) atoms. The van der Waals surface area contributed by atoms with E-state index in [0.29, 0.717) is 16.8 Å². The first-order chi connectivity index (χ1) is 18.6. The van der Waals surface area contributed by atoms with Crippen molar-refractivity contribution >= 4 is 18.0 Å². The molecule has 0 bridgehead atoms. The van der Waals surface area contributed by atoms with Crippen molar-refractivity contribution < 1.29 is 27.9 Å². The molecule has 1 atom stereocenters. The van der Waals surface area contributed by atoms with Gasteiger partial charge < -0.3 is 10.0 Å². The maximum atomic E-state index is 13.3. The molecule has 4 rings (SSSR count). The highest BCUT2D eigenvalue weighted by Crippen LogP contribution is 2.29. The Labute approximate surface area is 222 Å². The van der Waals surface area contributed by atoms with E-state index in [1.807, 2.05) is 36.4 Å². The van der Waals surface area contributed by atoms with Crippen molar-refractivity contribution in [3.63, 3.8) is 0 Å². The Morgan fingerprint density at radius 3 is 2.18 bits per heavy atom. The zero-order chi connectivity index (χ0) is 28.0. The molecule has 1 N–H and O–H groups in total. The van der Waals surface area contributed by atoms with Crippen LogP contribution in [0.5, 0.6) is 0 Å². The minimum absolute atomic E-state index is 0.00336. The molecular formula is C29H25F3N4O3. The number of hydrogen-bond donors (Lipinski definition) is 1. The molecule has 0 saturated heterocycles. The van der Waals surface area contributed by atoms with Crippen LogP contribution in [0.4, 0.5) is 13.2 Å². The molecule has 2 heterocycles. The highest BCUT2D eigenvalue weighted by atomic mass is 19.4. The van der Waals surface area contributed by atoms with Gasteiger partial charge in [0, 0.05) is 44.7 Å². The van der Waals surface area contributed by atoms with E-state index in [2.05, 4.69) is 10.1 Å². The molecule has 2 aromatic carbocycles. The van der Waals surface area contributed by atoms with Gasteiger partial charge in [-0.1, -0.05) is 36.4 Å². The molecule has 0 spiro atoms. The van der Waals surface area contributed by atoms with Crippen LogP contribution < -0.4 is 0 Å². The summed E-state index contributed by atoms with van der Waals surface area (Å²) in [6.07, 6.45) is 3.09. The van der Waals surface area contributed by atoms with E-state index in [-0.39, 0.29) is 13.0 Å². The number of amides is 1. The fourth-order valence-corrected chi connectivity index (χ4v) is 4.03. The number of carboxylic acids is 1. The number of rotatable bonds is 9. The van der Waals surface area contributed by atoms with Crippen molar-refractivity contribution in [1.29, 1.82) is 0 Å². The first kappa shape index (κ1) is 27.3. The highest BCUT2D eigenvalue weighted by molar-refractivity contribution is 5.94. The maximum absolute atomic E-state index is 13.3. The predicted octanol–water partition coefficient (Wildman–Crippen LogP) is 5.24. The lowest BCUT2D eigenvalue weighted by atomic mass is 10.0. The van der Waals surface area contributed by atoms with Crippen molar-refractivity contribution in [3.05, 3.63) is 114 Å². The van der Waals surface area contributed by atoms with Crippen LogP contribution in [0.15, 0.2) is 91.4 Å². The second kappa shape index (κ2) is 11.8. The summed E-state index contributed by atoms with van der Waals surface area (Å²) in [5.41, 5.74) is 2.67. The summed E-state index contributed by atoms with van der Waals surface area (Å²) in [6.45, 7) is -0.00336. The van der Waals surface area contributed by atoms with Gasteiger partial charge >= 0.3 is 12.1 Å². The SMILES string of the molecule is Cn1ccc(CC(C(=O)O)N(Cc2ccc(-c3ccncc3)cc2)C(=O)C=Cc2ccc(C(F)(F)F)cc2)n1. The van der Waals surface area contributed by atoms with Gasteiger partial charge in [-0.15, -0.1) is 0 Å². The van der Waals surface area contributed by atoms with Gasteiger partial charge in [-0.25, -0.2) is 4.79 Å². The minimum atomic E-state index is -4.47. The third kappa shape index (κ3) is 7.19. The number of carbonyl (C=O) groups is 2. The van der Waals surface area contributed by atoms with Gasteiger partial charge in [-0.2, -0.15) is 18.3 Å². The number of pyridine rings is 1. The number of aromatic nitrogens is 3. The lowest BCUT2D eigenvalue weighted by Crippen LogP contribution is -2.45. The Hall–Kier alpha value is -4.73. The van der Waals surface area contributed by atoms with E-state index in [1.54, 1.807) is 36.4 Å². The fraction of sp³-hybridized carbons (Fsp3) is 0.172. The molecule has 200 valence electrons. The lowest BCUT2D eigenvalue weighted by Gasteiger charge is -2.28. The Kier molecular flexibility index (Phi) is 8.24. The molecule has 0 fully saturated rings. The second-order valence-electron chi connectivity index (χ2n) is 8.89. The third-order valence-corrected chi connectivity index (χ3v) is 6.09. The summed E-state index contributed by atoms with van der Waals surface area (Å²) >= 11 is 0. The van der Waals surface area contributed by atoms with Gasteiger partial charge in [-0.05, 0) is 58.7 Å². The van der Waals surface area contributed by atoms with Gasteiger partial charge in [0.05, 0.1) is 11.3 Å². The molecule has 1 amide bonds. The average Bonchev–Trinajstić information content (AvgIpc) is 3.34. The Bertz CT molecular complexity index is 1450. The third-order valence-electron chi connectivity index (χ3n) is 6.09. The molecular weight excluding hydrogens is 509 g/mol. The first-order valence-electron chi connectivity index (χ1n) is 12.0. The van der Waals surface area contributed by atoms with Gasteiger partial charge in [0.1, 0.15) is 6.04 Å². The standard InChI is InChI=1S/C29H25F3N4O3/c1-35-17-14-25(34-35)18-26(28(38)39)36(19-21-2-7-22(8-3-21)23-12-15-33-16-13-23)27(37)11-6-20-4-9-24(10-5-20)29(30,31)32/h2-17,26H,18-19H2,1H3,(H,38,39). The lowest BCUT2D eigenvalue weighted by molar-refractivity contribution is -0.149. The van der Waals surface area contributed by atoms with Crippen LogP contribution in [-0.4, -0.2) is 42.7 Å². The topological polar surface area (TPSA) is 88.3 Å². The molecule has 0 saturated carbocycles.